The molecule has 0 spiro atoms. The molecule has 1 atom stereocenters. The molecule has 1 aromatic heterocycles. The van der Waals surface area contributed by atoms with E-state index in [-0.39, 0.29) is 0 Å². The van der Waals surface area contributed by atoms with Gasteiger partial charge in [0.1, 0.15) is 5.82 Å². The molecule has 0 radical (unpaired) electrons. The van der Waals surface area contributed by atoms with E-state index in [2.05, 4.69) is 35.8 Å². The van der Waals surface area contributed by atoms with Gasteiger partial charge in [0.2, 0.25) is 0 Å². The highest BCUT2D eigenvalue weighted by Gasteiger charge is 2.30. The number of hydrogen-bond acceptors (Lipinski definition) is 4. The van der Waals surface area contributed by atoms with Crippen molar-refractivity contribution in [3.05, 3.63) is 23.9 Å². The minimum Gasteiger partial charge on any atom is -0.378 e. The minimum atomic E-state index is 0.541. The maximum atomic E-state index is 5.48. The zero-order valence-corrected chi connectivity index (χ0v) is 13.3. The number of ether oxygens (including phenoxy) is 1. The number of aromatic nitrogens is 1. The van der Waals surface area contributed by atoms with Gasteiger partial charge in [-0.1, -0.05) is 19.9 Å². The first-order valence-electron chi connectivity index (χ1n) is 8.27. The Morgan fingerprint density at radius 2 is 2.10 bits per heavy atom. The monoisotopic (exact) mass is 289 g/mol. The quantitative estimate of drug-likeness (QED) is 0.852. The van der Waals surface area contributed by atoms with Gasteiger partial charge >= 0.3 is 0 Å². The summed E-state index contributed by atoms with van der Waals surface area (Å²) in [5.74, 6) is 1.90. The fraction of sp³-hybridized carbons (Fsp3) is 0.706. The van der Waals surface area contributed by atoms with Gasteiger partial charge in [0.15, 0.2) is 0 Å². The maximum absolute atomic E-state index is 5.48. The Morgan fingerprint density at radius 1 is 1.29 bits per heavy atom. The zero-order valence-electron chi connectivity index (χ0n) is 13.3. The molecule has 1 aromatic rings. The second-order valence-electron chi connectivity index (χ2n) is 6.56. The summed E-state index contributed by atoms with van der Waals surface area (Å²) in [5, 5.41) is 0. The molecule has 2 aliphatic rings. The molecule has 0 unspecified atom stereocenters. The van der Waals surface area contributed by atoms with Crippen LogP contribution in [0.5, 0.6) is 0 Å². The minimum absolute atomic E-state index is 0.541. The van der Waals surface area contributed by atoms with Gasteiger partial charge in [0, 0.05) is 37.4 Å². The Balaban J connectivity index is 1.83. The molecule has 21 heavy (non-hydrogen) atoms. The molecule has 0 aliphatic carbocycles. The molecule has 0 saturated carbocycles. The molecule has 4 heteroatoms. The predicted molar refractivity (Wildman–Crippen MR) is 85.7 cm³/mol. The zero-order chi connectivity index (χ0) is 14.7. The molecule has 0 amide bonds. The van der Waals surface area contributed by atoms with E-state index >= 15 is 0 Å². The van der Waals surface area contributed by atoms with Crippen LogP contribution in [0.25, 0.3) is 0 Å². The van der Waals surface area contributed by atoms with Crippen molar-refractivity contribution in [3.63, 3.8) is 0 Å². The molecule has 3 heterocycles. The van der Waals surface area contributed by atoms with Crippen LogP contribution in [-0.2, 0) is 4.74 Å². The second kappa shape index (κ2) is 6.75. The van der Waals surface area contributed by atoms with Crippen molar-refractivity contribution < 1.29 is 4.74 Å². The van der Waals surface area contributed by atoms with Crippen LogP contribution in [0.4, 0.5) is 5.82 Å². The lowest BCUT2D eigenvalue weighted by Gasteiger charge is -2.33. The molecule has 2 fully saturated rings. The number of rotatable bonds is 4. The van der Waals surface area contributed by atoms with Crippen molar-refractivity contribution in [2.24, 2.45) is 5.92 Å². The second-order valence-corrected chi connectivity index (χ2v) is 6.56. The Labute approximate surface area is 128 Å². The number of morpholine rings is 1. The van der Waals surface area contributed by atoms with Crippen LogP contribution in [0.3, 0.4) is 0 Å². The predicted octanol–water partition coefficient (Wildman–Crippen LogP) is 2.71. The van der Waals surface area contributed by atoms with Crippen LogP contribution < -0.4 is 4.90 Å². The van der Waals surface area contributed by atoms with Crippen LogP contribution in [0.1, 0.15) is 38.3 Å². The van der Waals surface area contributed by atoms with Crippen LogP contribution >= 0.6 is 0 Å². The van der Waals surface area contributed by atoms with Crippen molar-refractivity contribution >= 4 is 5.82 Å². The summed E-state index contributed by atoms with van der Waals surface area (Å²) in [4.78, 5) is 9.74. The highest BCUT2D eigenvalue weighted by atomic mass is 16.5. The van der Waals surface area contributed by atoms with E-state index in [0.717, 1.165) is 26.3 Å². The van der Waals surface area contributed by atoms with Gasteiger partial charge in [-0.2, -0.15) is 0 Å². The molecule has 0 bridgehead atoms. The highest BCUT2D eigenvalue weighted by Crippen LogP contribution is 2.36. The van der Waals surface area contributed by atoms with E-state index in [1.165, 1.54) is 37.3 Å². The number of anilines is 1. The van der Waals surface area contributed by atoms with Crippen molar-refractivity contribution in [2.75, 3.05) is 44.3 Å². The van der Waals surface area contributed by atoms with Crippen molar-refractivity contribution in [3.8, 4) is 0 Å². The van der Waals surface area contributed by atoms with Gasteiger partial charge in [-0.3, -0.25) is 4.90 Å². The SMILES string of the molecule is CC(C)CN1CCC[C@@H]1c1cccnc1N1CCOCC1. The first-order valence-corrected chi connectivity index (χ1v) is 8.27. The van der Waals surface area contributed by atoms with Gasteiger partial charge < -0.3 is 9.64 Å². The van der Waals surface area contributed by atoms with Gasteiger partial charge in [-0.05, 0) is 31.4 Å². The normalized spacial score (nSPS) is 24.0. The third kappa shape index (κ3) is 3.38. The Morgan fingerprint density at radius 3 is 2.86 bits per heavy atom. The molecular weight excluding hydrogens is 262 g/mol. The summed E-state index contributed by atoms with van der Waals surface area (Å²) in [6.07, 6.45) is 4.49. The van der Waals surface area contributed by atoms with E-state index in [9.17, 15) is 0 Å². The topological polar surface area (TPSA) is 28.6 Å². The molecule has 2 aliphatic heterocycles. The third-order valence-electron chi connectivity index (χ3n) is 4.45. The summed E-state index contributed by atoms with van der Waals surface area (Å²) in [6, 6.07) is 4.91. The van der Waals surface area contributed by atoms with Gasteiger partial charge in [0.05, 0.1) is 13.2 Å². The van der Waals surface area contributed by atoms with Crippen molar-refractivity contribution in [1.82, 2.24) is 9.88 Å². The van der Waals surface area contributed by atoms with E-state index in [4.69, 9.17) is 9.72 Å². The van der Waals surface area contributed by atoms with Crippen molar-refractivity contribution in [1.29, 1.82) is 0 Å². The molecule has 0 N–H and O–H groups in total. The average molecular weight is 289 g/mol. The lowest BCUT2D eigenvalue weighted by atomic mass is 10.0. The Kier molecular flexibility index (Phi) is 4.76. The fourth-order valence-electron chi connectivity index (χ4n) is 3.57. The van der Waals surface area contributed by atoms with E-state index in [1.807, 2.05) is 6.20 Å². The molecule has 3 rings (SSSR count). The van der Waals surface area contributed by atoms with E-state index in [0.29, 0.717) is 12.0 Å². The lowest BCUT2D eigenvalue weighted by Crippen LogP contribution is -2.38. The lowest BCUT2D eigenvalue weighted by molar-refractivity contribution is 0.122. The van der Waals surface area contributed by atoms with E-state index in [1.54, 1.807) is 0 Å². The van der Waals surface area contributed by atoms with Gasteiger partial charge in [-0.15, -0.1) is 0 Å². The molecule has 2 saturated heterocycles. The standard InChI is InChI=1S/C17H27N3O/c1-14(2)13-20-8-4-6-16(20)15-5-3-7-18-17(15)19-9-11-21-12-10-19/h3,5,7,14,16H,4,6,8-13H2,1-2H3/t16-/m1/s1. The summed E-state index contributed by atoms with van der Waals surface area (Å²) in [7, 11) is 0. The average Bonchev–Trinajstić information content (AvgIpc) is 2.95. The Bertz CT molecular complexity index is 457. The van der Waals surface area contributed by atoms with E-state index < -0.39 is 0 Å². The number of pyridine rings is 1. The third-order valence-corrected chi connectivity index (χ3v) is 4.45. The largest absolute Gasteiger partial charge is 0.378 e. The Hall–Kier alpha value is -1.13. The first kappa shape index (κ1) is 14.8. The molecule has 116 valence electrons. The number of hydrogen-bond donors (Lipinski definition) is 0. The first-order chi connectivity index (χ1) is 10.3. The smallest absolute Gasteiger partial charge is 0.133 e. The van der Waals surface area contributed by atoms with Gasteiger partial charge in [-0.25, -0.2) is 4.98 Å². The van der Waals surface area contributed by atoms with Gasteiger partial charge in [0.25, 0.3) is 0 Å². The number of nitrogens with zero attached hydrogens (tertiary/aromatic N) is 3. The molecule has 4 nitrogen and oxygen atoms in total. The van der Waals surface area contributed by atoms with Crippen LogP contribution in [0, 0.1) is 5.92 Å². The van der Waals surface area contributed by atoms with Crippen LogP contribution in [0.2, 0.25) is 0 Å². The summed E-state index contributed by atoms with van der Waals surface area (Å²) >= 11 is 0. The fourth-order valence-corrected chi connectivity index (χ4v) is 3.57. The number of likely N-dealkylation sites (tertiary alicyclic amines) is 1. The summed E-state index contributed by atoms with van der Waals surface area (Å²) in [6.45, 7) is 10.6. The van der Waals surface area contributed by atoms with Crippen LogP contribution in [-0.4, -0.2) is 49.3 Å². The summed E-state index contributed by atoms with van der Waals surface area (Å²) < 4.78 is 5.48. The highest BCUT2D eigenvalue weighted by molar-refractivity contribution is 5.49. The maximum Gasteiger partial charge on any atom is 0.133 e. The molecule has 0 aromatic carbocycles. The summed E-state index contributed by atoms with van der Waals surface area (Å²) in [5.41, 5.74) is 1.41. The molecular formula is C17H27N3O. The van der Waals surface area contributed by atoms with Crippen LogP contribution in [0.15, 0.2) is 18.3 Å². The van der Waals surface area contributed by atoms with Crippen molar-refractivity contribution in [2.45, 2.75) is 32.7 Å².